The Bertz CT molecular complexity index is 1660. The minimum absolute atomic E-state index is 0.201. The lowest BCUT2D eigenvalue weighted by atomic mass is 9.95. The van der Waals surface area contributed by atoms with E-state index in [2.05, 4.69) is 4.99 Å². The second-order valence-electron chi connectivity index (χ2n) is 8.86. The number of carbonyl (C=O) groups is 1. The molecular formula is C29H28N2O6S. The van der Waals surface area contributed by atoms with Crippen molar-refractivity contribution in [2.45, 2.75) is 32.9 Å². The highest BCUT2D eigenvalue weighted by Gasteiger charge is 2.34. The average molecular weight is 533 g/mol. The van der Waals surface area contributed by atoms with E-state index in [-0.39, 0.29) is 18.3 Å². The van der Waals surface area contributed by atoms with Crippen molar-refractivity contribution < 1.29 is 23.7 Å². The Labute approximate surface area is 223 Å². The predicted octanol–water partition coefficient (Wildman–Crippen LogP) is 3.63. The van der Waals surface area contributed by atoms with E-state index in [0.29, 0.717) is 37.7 Å². The van der Waals surface area contributed by atoms with Crippen molar-refractivity contribution in [2.24, 2.45) is 4.99 Å². The molecule has 0 aliphatic carbocycles. The van der Waals surface area contributed by atoms with Crippen molar-refractivity contribution in [3.05, 3.63) is 90.1 Å². The molecule has 9 heteroatoms. The molecule has 2 atom stereocenters. The van der Waals surface area contributed by atoms with Crippen molar-refractivity contribution in [1.29, 1.82) is 0 Å². The summed E-state index contributed by atoms with van der Waals surface area (Å²) < 4.78 is 24.4. The number of rotatable bonds is 6. The molecule has 2 aliphatic heterocycles. The van der Waals surface area contributed by atoms with Gasteiger partial charge in [-0.1, -0.05) is 35.6 Å². The Balaban J connectivity index is 1.71. The number of esters is 1. The molecule has 196 valence electrons. The molecule has 38 heavy (non-hydrogen) atoms. The maximum Gasteiger partial charge on any atom is 0.338 e. The largest absolute Gasteiger partial charge is 0.493 e. The lowest BCUT2D eigenvalue weighted by Crippen LogP contribution is -2.40. The quantitative estimate of drug-likeness (QED) is 0.451. The second-order valence-corrected chi connectivity index (χ2v) is 9.87. The summed E-state index contributed by atoms with van der Waals surface area (Å²) in [6, 6.07) is 12.4. The summed E-state index contributed by atoms with van der Waals surface area (Å²) in [6.07, 6.45) is 3.64. The molecule has 3 aromatic rings. The lowest BCUT2D eigenvalue weighted by Gasteiger charge is -2.25. The zero-order valence-electron chi connectivity index (χ0n) is 21.8. The van der Waals surface area contributed by atoms with E-state index in [4.69, 9.17) is 18.9 Å². The van der Waals surface area contributed by atoms with Gasteiger partial charge in [0.15, 0.2) is 16.3 Å². The standard InChI is InChI=1S/C29H28N2O6S/c1-6-36-28(33)25-16(2)30-29-31(26(25)19-11-12-22(34-4)23(14-19)35-5)27(32)24(38-29)15-20-13-18-9-7-8-10-21(18)37-17(20)3/h7-15,17,26H,6H2,1-5H3/b24-15-. The highest BCUT2D eigenvalue weighted by atomic mass is 32.1. The maximum absolute atomic E-state index is 13.9. The molecular weight excluding hydrogens is 504 g/mol. The van der Waals surface area contributed by atoms with Crippen molar-refractivity contribution in [3.63, 3.8) is 0 Å². The summed E-state index contributed by atoms with van der Waals surface area (Å²) in [6.45, 7) is 5.65. The van der Waals surface area contributed by atoms with E-state index in [1.54, 1.807) is 44.8 Å². The van der Waals surface area contributed by atoms with Crippen LogP contribution in [0.25, 0.3) is 12.2 Å². The van der Waals surface area contributed by atoms with E-state index in [0.717, 1.165) is 16.9 Å². The molecule has 0 saturated heterocycles. The molecule has 3 heterocycles. The second kappa shape index (κ2) is 10.3. The van der Waals surface area contributed by atoms with E-state index in [1.807, 2.05) is 49.4 Å². The third-order valence-electron chi connectivity index (χ3n) is 6.55. The number of hydrogen-bond acceptors (Lipinski definition) is 8. The van der Waals surface area contributed by atoms with Crippen LogP contribution in [0.5, 0.6) is 17.2 Å². The number of carbonyl (C=O) groups excluding carboxylic acids is 1. The van der Waals surface area contributed by atoms with Crippen molar-refractivity contribution in [1.82, 2.24) is 4.57 Å². The van der Waals surface area contributed by atoms with E-state index >= 15 is 0 Å². The first-order chi connectivity index (χ1) is 18.4. The number of thiazole rings is 1. The highest BCUT2D eigenvalue weighted by molar-refractivity contribution is 7.07. The number of aromatic nitrogens is 1. The van der Waals surface area contributed by atoms with Crippen LogP contribution in [0.2, 0.25) is 0 Å². The summed E-state index contributed by atoms with van der Waals surface area (Å²) in [4.78, 5) is 32.2. The number of hydrogen-bond donors (Lipinski definition) is 0. The molecule has 2 aliphatic rings. The molecule has 8 nitrogen and oxygen atoms in total. The molecule has 2 aromatic carbocycles. The van der Waals surface area contributed by atoms with Gasteiger partial charge in [-0.3, -0.25) is 9.36 Å². The topological polar surface area (TPSA) is 88.4 Å². The Morgan fingerprint density at radius 1 is 1.16 bits per heavy atom. The normalized spacial score (nSPS) is 18.6. The van der Waals surface area contributed by atoms with E-state index < -0.39 is 12.0 Å². The molecule has 0 amide bonds. The minimum atomic E-state index is -0.748. The first kappa shape index (κ1) is 25.5. The van der Waals surface area contributed by atoms with Crippen molar-refractivity contribution in [3.8, 4) is 17.2 Å². The number of ether oxygens (including phenoxy) is 4. The minimum Gasteiger partial charge on any atom is -0.493 e. The van der Waals surface area contributed by atoms with Crippen LogP contribution in [0.1, 0.15) is 37.9 Å². The van der Waals surface area contributed by atoms with Gasteiger partial charge in [-0.05, 0) is 62.3 Å². The fourth-order valence-corrected chi connectivity index (χ4v) is 5.75. The first-order valence-electron chi connectivity index (χ1n) is 12.2. The molecule has 0 bridgehead atoms. The van der Waals surface area contributed by atoms with Gasteiger partial charge < -0.3 is 18.9 Å². The predicted molar refractivity (Wildman–Crippen MR) is 145 cm³/mol. The third-order valence-corrected chi connectivity index (χ3v) is 7.54. The van der Waals surface area contributed by atoms with Crippen LogP contribution in [0, 0.1) is 0 Å². The molecule has 1 aromatic heterocycles. The number of benzene rings is 2. The van der Waals surface area contributed by atoms with Gasteiger partial charge in [-0.2, -0.15) is 0 Å². The monoisotopic (exact) mass is 532 g/mol. The Kier molecular flexibility index (Phi) is 6.94. The van der Waals surface area contributed by atoms with Crippen LogP contribution in [-0.4, -0.2) is 37.5 Å². The zero-order valence-corrected chi connectivity index (χ0v) is 22.6. The first-order valence-corrected chi connectivity index (χ1v) is 13.1. The van der Waals surface area contributed by atoms with Gasteiger partial charge in [-0.15, -0.1) is 0 Å². The van der Waals surface area contributed by atoms with Crippen molar-refractivity contribution >= 4 is 29.5 Å². The molecule has 0 spiro atoms. The Hall–Kier alpha value is -4.11. The number of fused-ring (bicyclic) bond motifs is 2. The fraction of sp³-hybridized carbons (Fsp3) is 0.276. The maximum atomic E-state index is 13.9. The fourth-order valence-electron chi connectivity index (χ4n) is 4.70. The molecule has 5 rings (SSSR count). The van der Waals surface area contributed by atoms with Crippen LogP contribution in [-0.2, 0) is 9.53 Å². The zero-order chi connectivity index (χ0) is 27.0. The molecule has 0 radical (unpaired) electrons. The van der Waals surface area contributed by atoms with Gasteiger partial charge in [0.1, 0.15) is 11.9 Å². The molecule has 2 unspecified atom stereocenters. The van der Waals surface area contributed by atoms with E-state index in [9.17, 15) is 9.59 Å². The smallest absolute Gasteiger partial charge is 0.338 e. The van der Waals surface area contributed by atoms with Crippen LogP contribution in [0.15, 0.2) is 69.1 Å². The van der Waals surface area contributed by atoms with Crippen LogP contribution in [0.4, 0.5) is 0 Å². The van der Waals surface area contributed by atoms with Crippen LogP contribution >= 0.6 is 11.3 Å². The molecule has 0 N–H and O–H groups in total. The van der Waals surface area contributed by atoms with Gasteiger partial charge in [0.25, 0.3) is 5.56 Å². The van der Waals surface area contributed by atoms with Crippen LogP contribution < -0.4 is 29.1 Å². The van der Waals surface area contributed by atoms with Gasteiger partial charge in [0.2, 0.25) is 0 Å². The third kappa shape index (κ3) is 4.43. The van der Waals surface area contributed by atoms with Gasteiger partial charge >= 0.3 is 5.97 Å². The number of allylic oxidation sites excluding steroid dienone is 1. The van der Waals surface area contributed by atoms with Gasteiger partial charge in [-0.25, -0.2) is 9.79 Å². The van der Waals surface area contributed by atoms with Gasteiger partial charge in [0.05, 0.1) is 42.7 Å². The van der Waals surface area contributed by atoms with Crippen molar-refractivity contribution in [2.75, 3.05) is 20.8 Å². The molecule has 0 fully saturated rings. The summed E-state index contributed by atoms with van der Waals surface area (Å²) in [5.41, 5.74) is 3.05. The lowest BCUT2D eigenvalue weighted by molar-refractivity contribution is -0.139. The number of methoxy groups -OCH3 is 2. The summed E-state index contributed by atoms with van der Waals surface area (Å²) in [5, 5.41) is 0. The highest BCUT2D eigenvalue weighted by Crippen LogP contribution is 2.36. The van der Waals surface area contributed by atoms with Gasteiger partial charge in [0, 0.05) is 5.56 Å². The SMILES string of the molecule is CCOC(=O)C1=C(C)N=c2s/c(=C\C3=Cc4ccccc4OC3C)c(=O)n2C1c1ccc(OC)c(OC)c1. The summed E-state index contributed by atoms with van der Waals surface area (Å²) in [5.74, 6) is 1.32. The number of nitrogens with zero attached hydrogens (tertiary/aromatic N) is 2. The van der Waals surface area contributed by atoms with E-state index in [1.165, 1.54) is 11.3 Å². The summed E-state index contributed by atoms with van der Waals surface area (Å²) >= 11 is 1.28. The summed E-state index contributed by atoms with van der Waals surface area (Å²) in [7, 11) is 3.09. The molecule has 0 saturated carbocycles. The number of para-hydroxylation sites is 1. The Morgan fingerprint density at radius 3 is 2.66 bits per heavy atom. The average Bonchev–Trinajstić information content (AvgIpc) is 3.22. The Morgan fingerprint density at radius 2 is 1.92 bits per heavy atom. The van der Waals surface area contributed by atoms with Crippen LogP contribution in [0.3, 0.4) is 0 Å².